The van der Waals surface area contributed by atoms with Gasteiger partial charge in [0.25, 0.3) is 5.91 Å². The molecule has 0 aliphatic carbocycles. The number of nitrogens with zero attached hydrogens (tertiary/aromatic N) is 2. The van der Waals surface area contributed by atoms with Gasteiger partial charge in [0.15, 0.2) is 0 Å². The maximum absolute atomic E-state index is 12.5. The van der Waals surface area contributed by atoms with Crippen LogP contribution in [0.15, 0.2) is 43.0 Å². The van der Waals surface area contributed by atoms with Crippen LogP contribution in [-0.4, -0.2) is 22.3 Å². The molecule has 2 aromatic heterocycles. The van der Waals surface area contributed by atoms with E-state index in [1.807, 2.05) is 31.2 Å². The summed E-state index contributed by atoms with van der Waals surface area (Å²) in [4.78, 5) is 19.5. The van der Waals surface area contributed by atoms with Crippen molar-refractivity contribution >= 4 is 28.8 Å². The molecule has 2 heterocycles. The minimum absolute atomic E-state index is 0.0990. The van der Waals surface area contributed by atoms with Crippen molar-refractivity contribution in [3.05, 3.63) is 63.6 Å². The molecule has 0 aromatic carbocycles. The summed E-state index contributed by atoms with van der Waals surface area (Å²) < 4.78 is 0.722. The first kappa shape index (κ1) is 14.8. The molecule has 2 aromatic rings. The van der Waals surface area contributed by atoms with Crippen LogP contribution >= 0.6 is 22.9 Å². The number of hydrogen-bond donors (Lipinski definition) is 0. The number of carbonyl (C=O) groups excluding carboxylic acids is 1. The molecular weight excluding hydrogens is 292 g/mol. The van der Waals surface area contributed by atoms with Crippen LogP contribution in [0.4, 0.5) is 0 Å². The van der Waals surface area contributed by atoms with Gasteiger partial charge in [0.1, 0.15) is 5.69 Å². The van der Waals surface area contributed by atoms with Crippen molar-refractivity contribution in [1.29, 1.82) is 0 Å². The minimum Gasteiger partial charge on any atom is -0.328 e. The van der Waals surface area contributed by atoms with E-state index in [0.29, 0.717) is 18.8 Å². The monoisotopic (exact) mass is 306 g/mol. The number of thiophene rings is 1. The van der Waals surface area contributed by atoms with Crippen molar-refractivity contribution in [2.45, 2.75) is 13.5 Å². The fraction of sp³-hybridized carbons (Fsp3) is 0.200. The van der Waals surface area contributed by atoms with Gasteiger partial charge in [-0.15, -0.1) is 17.9 Å². The molecule has 0 spiro atoms. The lowest BCUT2D eigenvalue weighted by atomic mass is 10.2. The van der Waals surface area contributed by atoms with E-state index in [1.165, 1.54) is 11.3 Å². The third-order valence-corrected chi connectivity index (χ3v) is 3.94. The number of pyridine rings is 1. The van der Waals surface area contributed by atoms with Gasteiger partial charge in [-0.1, -0.05) is 23.7 Å². The van der Waals surface area contributed by atoms with E-state index in [9.17, 15) is 4.79 Å². The Morgan fingerprint density at radius 1 is 1.45 bits per heavy atom. The SMILES string of the molecule is C=CCN(Cc1ccc(Cl)s1)C(=O)c1cccc(C)n1. The third kappa shape index (κ3) is 3.68. The first-order valence-corrected chi connectivity index (χ1v) is 7.37. The first-order valence-electron chi connectivity index (χ1n) is 6.18. The summed E-state index contributed by atoms with van der Waals surface area (Å²) in [5.74, 6) is -0.0990. The number of aryl methyl sites for hydroxylation is 1. The second kappa shape index (κ2) is 6.68. The zero-order chi connectivity index (χ0) is 14.5. The predicted octanol–water partition coefficient (Wildman–Crippen LogP) is 3.93. The summed E-state index contributed by atoms with van der Waals surface area (Å²) in [6.45, 7) is 6.56. The Kier molecular flexibility index (Phi) is 4.93. The van der Waals surface area contributed by atoms with Gasteiger partial charge in [0.05, 0.1) is 10.9 Å². The summed E-state index contributed by atoms with van der Waals surface area (Å²) in [7, 11) is 0. The second-order valence-corrected chi connectivity index (χ2v) is 6.14. The lowest BCUT2D eigenvalue weighted by molar-refractivity contribution is 0.0758. The van der Waals surface area contributed by atoms with E-state index in [1.54, 1.807) is 17.0 Å². The molecule has 5 heteroatoms. The number of rotatable bonds is 5. The molecule has 20 heavy (non-hydrogen) atoms. The molecule has 0 saturated carbocycles. The molecule has 0 N–H and O–H groups in total. The molecule has 0 saturated heterocycles. The molecular formula is C15H15ClN2OS. The zero-order valence-electron chi connectivity index (χ0n) is 11.2. The van der Waals surface area contributed by atoms with E-state index in [4.69, 9.17) is 11.6 Å². The molecule has 1 amide bonds. The highest BCUT2D eigenvalue weighted by Crippen LogP contribution is 2.23. The molecule has 0 bridgehead atoms. The highest BCUT2D eigenvalue weighted by atomic mass is 35.5. The van der Waals surface area contributed by atoms with E-state index in [2.05, 4.69) is 11.6 Å². The zero-order valence-corrected chi connectivity index (χ0v) is 12.7. The summed E-state index contributed by atoms with van der Waals surface area (Å²) >= 11 is 7.40. The molecule has 0 fully saturated rings. The van der Waals surface area contributed by atoms with Crippen molar-refractivity contribution in [3.63, 3.8) is 0 Å². The van der Waals surface area contributed by atoms with Crippen LogP contribution in [0, 0.1) is 6.92 Å². The Morgan fingerprint density at radius 2 is 2.25 bits per heavy atom. The molecule has 0 aliphatic rings. The molecule has 3 nitrogen and oxygen atoms in total. The molecule has 0 atom stereocenters. The number of carbonyl (C=O) groups is 1. The molecule has 2 rings (SSSR count). The summed E-state index contributed by atoms with van der Waals surface area (Å²) in [5.41, 5.74) is 1.28. The highest BCUT2D eigenvalue weighted by molar-refractivity contribution is 7.16. The summed E-state index contributed by atoms with van der Waals surface area (Å²) in [5, 5.41) is 0. The average Bonchev–Trinajstić information content (AvgIpc) is 2.83. The quantitative estimate of drug-likeness (QED) is 0.784. The number of aromatic nitrogens is 1. The van der Waals surface area contributed by atoms with Crippen LogP contribution in [-0.2, 0) is 6.54 Å². The van der Waals surface area contributed by atoms with Crippen molar-refractivity contribution in [3.8, 4) is 0 Å². The topological polar surface area (TPSA) is 33.2 Å². The fourth-order valence-corrected chi connectivity index (χ4v) is 2.93. The highest BCUT2D eigenvalue weighted by Gasteiger charge is 2.17. The van der Waals surface area contributed by atoms with Crippen LogP contribution in [0.25, 0.3) is 0 Å². The maximum atomic E-state index is 12.5. The second-order valence-electron chi connectivity index (χ2n) is 4.34. The van der Waals surface area contributed by atoms with Gasteiger partial charge in [0, 0.05) is 17.1 Å². The van der Waals surface area contributed by atoms with E-state index < -0.39 is 0 Å². The Hall–Kier alpha value is -1.65. The van der Waals surface area contributed by atoms with Gasteiger partial charge in [-0.2, -0.15) is 0 Å². The van der Waals surface area contributed by atoms with Gasteiger partial charge >= 0.3 is 0 Å². The van der Waals surface area contributed by atoms with Crippen LogP contribution < -0.4 is 0 Å². The van der Waals surface area contributed by atoms with Gasteiger partial charge in [0.2, 0.25) is 0 Å². The Labute approximate surface area is 127 Å². The minimum atomic E-state index is -0.0990. The van der Waals surface area contributed by atoms with Crippen molar-refractivity contribution in [1.82, 2.24) is 9.88 Å². The van der Waals surface area contributed by atoms with Gasteiger partial charge in [-0.3, -0.25) is 4.79 Å². The fourth-order valence-electron chi connectivity index (χ4n) is 1.82. The molecule has 0 radical (unpaired) electrons. The standard InChI is InChI=1S/C15H15ClN2OS/c1-3-9-18(10-12-7-8-14(16)20-12)15(19)13-6-4-5-11(2)17-13/h3-8H,1,9-10H2,2H3. The van der Waals surface area contributed by atoms with Gasteiger partial charge in [-0.05, 0) is 31.2 Å². The maximum Gasteiger partial charge on any atom is 0.273 e. The first-order chi connectivity index (χ1) is 9.60. The van der Waals surface area contributed by atoms with E-state index in [-0.39, 0.29) is 5.91 Å². The van der Waals surface area contributed by atoms with Crippen molar-refractivity contribution < 1.29 is 4.79 Å². The smallest absolute Gasteiger partial charge is 0.273 e. The average molecular weight is 307 g/mol. The van der Waals surface area contributed by atoms with Crippen molar-refractivity contribution in [2.75, 3.05) is 6.54 Å². The lowest BCUT2D eigenvalue weighted by Gasteiger charge is -2.20. The molecule has 0 unspecified atom stereocenters. The Balaban J connectivity index is 2.19. The predicted molar refractivity (Wildman–Crippen MR) is 83.2 cm³/mol. The number of amides is 1. The Bertz CT molecular complexity index is 624. The summed E-state index contributed by atoms with van der Waals surface area (Å²) in [6.07, 6.45) is 1.71. The summed E-state index contributed by atoms with van der Waals surface area (Å²) in [6, 6.07) is 9.20. The molecule has 0 aliphatic heterocycles. The largest absolute Gasteiger partial charge is 0.328 e. The van der Waals surface area contributed by atoms with Crippen LogP contribution in [0.5, 0.6) is 0 Å². The van der Waals surface area contributed by atoms with Crippen LogP contribution in [0.2, 0.25) is 4.34 Å². The Morgan fingerprint density at radius 3 is 2.85 bits per heavy atom. The number of halogens is 1. The third-order valence-electron chi connectivity index (χ3n) is 2.72. The van der Waals surface area contributed by atoms with E-state index >= 15 is 0 Å². The van der Waals surface area contributed by atoms with Gasteiger partial charge < -0.3 is 4.90 Å². The lowest BCUT2D eigenvalue weighted by Crippen LogP contribution is -2.31. The van der Waals surface area contributed by atoms with Crippen LogP contribution in [0.1, 0.15) is 21.1 Å². The normalized spacial score (nSPS) is 10.3. The van der Waals surface area contributed by atoms with Gasteiger partial charge in [-0.25, -0.2) is 4.98 Å². The number of hydrogen-bond acceptors (Lipinski definition) is 3. The van der Waals surface area contributed by atoms with Crippen molar-refractivity contribution in [2.24, 2.45) is 0 Å². The van der Waals surface area contributed by atoms with Crippen LogP contribution in [0.3, 0.4) is 0 Å². The van der Waals surface area contributed by atoms with E-state index in [0.717, 1.165) is 14.9 Å². The molecule has 104 valence electrons.